The van der Waals surface area contributed by atoms with Gasteiger partial charge in [0.05, 0.1) is 22.7 Å². The van der Waals surface area contributed by atoms with Crippen molar-refractivity contribution in [1.29, 1.82) is 0 Å². The molecular formula is C20H22N4O4. The molecule has 1 heterocycles. The van der Waals surface area contributed by atoms with Gasteiger partial charge in [-0.25, -0.2) is 0 Å². The van der Waals surface area contributed by atoms with Gasteiger partial charge in [0, 0.05) is 30.3 Å². The first-order valence-electron chi connectivity index (χ1n) is 9.16. The average molecular weight is 382 g/mol. The van der Waals surface area contributed by atoms with Gasteiger partial charge in [-0.2, -0.15) is 0 Å². The third-order valence-corrected chi connectivity index (χ3v) is 4.79. The van der Waals surface area contributed by atoms with Gasteiger partial charge >= 0.3 is 0 Å². The van der Waals surface area contributed by atoms with Crippen molar-refractivity contribution >= 4 is 28.9 Å². The fourth-order valence-corrected chi connectivity index (χ4v) is 3.41. The largest absolute Gasteiger partial charge is 0.370 e. The number of anilines is 2. The molecule has 2 aromatic rings. The minimum absolute atomic E-state index is 0.0974. The van der Waals surface area contributed by atoms with Crippen LogP contribution in [0, 0.1) is 10.1 Å². The number of carbonyl (C=O) groups excluding carboxylic acids is 2. The molecule has 0 radical (unpaired) electrons. The Morgan fingerprint density at radius 2 is 1.82 bits per heavy atom. The zero-order valence-corrected chi connectivity index (χ0v) is 15.4. The second-order valence-electron chi connectivity index (χ2n) is 6.75. The molecule has 0 aromatic heterocycles. The van der Waals surface area contributed by atoms with Crippen molar-refractivity contribution < 1.29 is 14.5 Å². The van der Waals surface area contributed by atoms with E-state index in [0.29, 0.717) is 16.8 Å². The quantitative estimate of drug-likeness (QED) is 0.588. The number of para-hydroxylation sites is 1. The number of nitro groups is 1. The number of carbonyl (C=O) groups is 2. The highest BCUT2D eigenvalue weighted by Gasteiger charge is 2.19. The first-order valence-corrected chi connectivity index (χ1v) is 9.16. The van der Waals surface area contributed by atoms with Crippen molar-refractivity contribution in [2.75, 3.05) is 23.3 Å². The molecule has 0 unspecified atom stereocenters. The number of nitro benzene ring substituents is 1. The molecule has 0 atom stereocenters. The number of primary amides is 1. The molecule has 146 valence electrons. The van der Waals surface area contributed by atoms with Gasteiger partial charge in [0.1, 0.15) is 0 Å². The SMILES string of the molecule is NC(=O)c1ccc(N2CCCCC2)c(NC(=O)Cc2ccccc2[N+](=O)[O-])c1. The molecule has 1 aliphatic rings. The van der Waals surface area contributed by atoms with Gasteiger partial charge in [-0.05, 0) is 37.5 Å². The molecule has 2 aromatic carbocycles. The zero-order valence-electron chi connectivity index (χ0n) is 15.4. The number of hydrogen-bond acceptors (Lipinski definition) is 5. The Balaban J connectivity index is 1.85. The van der Waals surface area contributed by atoms with E-state index in [-0.39, 0.29) is 12.1 Å². The fraction of sp³-hybridized carbons (Fsp3) is 0.300. The van der Waals surface area contributed by atoms with E-state index in [1.54, 1.807) is 36.4 Å². The summed E-state index contributed by atoms with van der Waals surface area (Å²) in [5.74, 6) is -0.978. The van der Waals surface area contributed by atoms with Crippen LogP contribution in [0.4, 0.5) is 17.1 Å². The molecule has 1 fully saturated rings. The number of nitrogens with one attached hydrogen (secondary N) is 1. The van der Waals surface area contributed by atoms with Crippen molar-refractivity contribution in [2.45, 2.75) is 25.7 Å². The molecular weight excluding hydrogens is 360 g/mol. The predicted octanol–water partition coefficient (Wildman–Crippen LogP) is 2.87. The summed E-state index contributed by atoms with van der Waals surface area (Å²) in [4.78, 5) is 37.0. The number of piperidine rings is 1. The maximum absolute atomic E-state index is 12.6. The lowest BCUT2D eigenvalue weighted by Gasteiger charge is -2.30. The Bertz CT molecular complexity index is 907. The molecule has 28 heavy (non-hydrogen) atoms. The maximum Gasteiger partial charge on any atom is 0.273 e. The second kappa shape index (κ2) is 8.51. The van der Waals surface area contributed by atoms with Gasteiger partial charge in [0.25, 0.3) is 5.69 Å². The van der Waals surface area contributed by atoms with E-state index in [1.165, 1.54) is 6.07 Å². The molecule has 3 rings (SSSR count). The summed E-state index contributed by atoms with van der Waals surface area (Å²) in [7, 11) is 0. The smallest absolute Gasteiger partial charge is 0.273 e. The van der Waals surface area contributed by atoms with E-state index in [1.807, 2.05) is 0 Å². The Morgan fingerprint density at radius 3 is 2.50 bits per heavy atom. The molecule has 0 saturated carbocycles. The van der Waals surface area contributed by atoms with Gasteiger partial charge in [-0.3, -0.25) is 19.7 Å². The van der Waals surface area contributed by atoms with E-state index in [0.717, 1.165) is 38.0 Å². The van der Waals surface area contributed by atoms with Crippen molar-refractivity contribution in [3.63, 3.8) is 0 Å². The molecule has 1 saturated heterocycles. The van der Waals surface area contributed by atoms with Crippen LogP contribution in [0.25, 0.3) is 0 Å². The lowest BCUT2D eigenvalue weighted by Crippen LogP contribution is -2.30. The Kier molecular flexibility index (Phi) is 5.88. The lowest BCUT2D eigenvalue weighted by atomic mass is 10.1. The third kappa shape index (κ3) is 4.46. The second-order valence-corrected chi connectivity index (χ2v) is 6.75. The topological polar surface area (TPSA) is 119 Å². The summed E-state index contributed by atoms with van der Waals surface area (Å²) in [5, 5.41) is 14.0. The van der Waals surface area contributed by atoms with Gasteiger partial charge in [-0.1, -0.05) is 18.2 Å². The molecule has 0 aliphatic carbocycles. The molecule has 8 heteroatoms. The predicted molar refractivity (Wildman–Crippen MR) is 106 cm³/mol. The molecule has 2 amide bonds. The first kappa shape index (κ1) is 19.3. The summed E-state index contributed by atoms with van der Waals surface area (Å²) < 4.78 is 0. The number of amides is 2. The zero-order chi connectivity index (χ0) is 20.1. The molecule has 8 nitrogen and oxygen atoms in total. The van der Waals surface area contributed by atoms with Crippen molar-refractivity contribution in [3.8, 4) is 0 Å². The number of nitrogens with zero attached hydrogens (tertiary/aromatic N) is 2. The summed E-state index contributed by atoms with van der Waals surface area (Å²) in [6.07, 6.45) is 3.13. The molecule has 0 spiro atoms. The van der Waals surface area contributed by atoms with Gasteiger partial charge in [0.15, 0.2) is 0 Å². The van der Waals surface area contributed by atoms with Crippen LogP contribution in [0.15, 0.2) is 42.5 Å². The third-order valence-electron chi connectivity index (χ3n) is 4.79. The van der Waals surface area contributed by atoms with E-state index in [4.69, 9.17) is 5.73 Å². The Hall–Kier alpha value is -3.42. The van der Waals surface area contributed by atoms with Crippen LogP contribution in [-0.4, -0.2) is 29.8 Å². The number of nitrogens with two attached hydrogens (primary N) is 1. The summed E-state index contributed by atoms with van der Waals surface area (Å²) >= 11 is 0. The normalized spacial score (nSPS) is 13.8. The van der Waals surface area contributed by atoms with Crippen LogP contribution >= 0.6 is 0 Å². The fourth-order valence-electron chi connectivity index (χ4n) is 3.41. The Labute approximate surface area is 162 Å². The minimum atomic E-state index is -0.584. The van der Waals surface area contributed by atoms with Crippen LogP contribution in [-0.2, 0) is 11.2 Å². The standard InChI is InChI=1S/C20H22N4O4/c21-20(26)15-8-9-18(23-10-4-1-5-11-23)16(12-15)22-19(25)13-14-6-2-3-7-17(14)24(27)28/h2-3,6-9,12H,1,4-5,10-11,13H2,(H2,21,26)(H,22,25). The van der Waals surface area contributed by atoms with E-state index < -0.39 is 16.7 Å². The maximum atomic E-state index is 12.6. The van der Waals surface area contributed by atoms with Crippen LogP contribution in [0.3, 0.4) is 0 Å². The van der Waals surface area contributed by atoms with Crippen molar-refractivity contribution in [3.05, 3.63) is 63.7 Å². The highest BCUT2D eigenvalue weighted by atomic mass is 16.6. The summed E-state index contributed by atoms with van der Waals surface area (Å²) in [6, 6.07) is 11.1. The minimum Gasteiger partial charge on any atom is -0.370 e. The van der Waals surface area contributed by atoms with Crippen molar-refractivity contribution in [2.24, 2.45) is 5.73 Å². The monoisotopic (exact) mass is 382 g/mol. The molecule has 1 aliphatic heterocycles. The van der Waals surface area contributed by atoms with Crippen LogP contribution < -0.4 is 16.0 Å². The van der Waals surface area contributed by atoms with E-state index >= 15 is 0 Å². The number of benzene rings is 2. The first-order chi connectivity index (χ1) is 13.5. The van der Waals surface area contributed by atoms with Gasteiger partial charge in [-0.15, -0.1) is 0 Å². The highest BCUT2D eigenvalue weighted by Crippen LogP contribution is 2.30. The van der Waals surface area contributed by atoms with Crippen LogP contribution in [0.2, 0.25) is 0 Å². The highest BCUT2D eigenvalue weighted by molar-refractivity contribution is 6.00. The number of rotatable bonds is 6. The summed E-state index contributed by atoms with van der Waals surface area (Å²) in [6.45, 7) is 1.73. The van der Waals surface area contributed by atoms with Gasteiger partial charge < -0.3 is 16.0 Å². The molecule has 0 bridgehead atoms. The Morgan fingerprint density at radius 1 is 1.11 bits per heavy atom. The summed E-state index contributed by atoms with van der Waals surface area (Å²) in [5.41, 5.74) is 7.21. The molecule has 3 N–H and O–H groups in total. The van der Waals surface area contributed by atoms with Gasteiger partial charge in [0.2, 0.25) is 11.8 Å². The van der Waals surface area contributed by atoms with Crippen molar-refractivity contribution in [1.82, 2.24) is 0 Å². The van der Waals surface area contributed by atoms with Crippen LogP contribution in [0.1, 0.15) is 35.2 Å². The van der Waals surface area contributed by atoms with E-state index in [2.05, 4.69) is 10.2 Å². The number of hydrogen-bond donors (Lipinski definition) is 2. The average Bonchev–Trinajstić information content (AvgIpc) is 2.68. The van der Waals surface area contributed by atoms with E-state index in [9.17, 15) is 19.7 Å². The van der Waals surface area contributed by atoms with Crippen LogP contribution in [0.5, 0.6) is 0 Å². The lowest BCUT2D eigenvalue weighted by molar-refractivity contribution is -0.385.